The minimum atomic E-state index is 1.10. The molecule has 0 bridgehead atoms. The van der Waals surface area contributed by atoms with Crippen LogP contribution in [-0.4, -0.2) is 0 Å². The van der Waals surface area contributed by atoms with Gasteiger partial charge in [-0.25, -0.2) is 0 Å². The lowest BCUT2D eigenvalue weighted by Crippen LogP contribution is -1.89. The number of allylic oxidation sites excluding steroid dienone is 6. The molecule has 0 saturated heterocycles. The second kappa shape index (κ2) is 20.1. The first-order chi connectivity index (χ1) is 30.7. The number of fused-ring (bicyclic) bond motifs is 8. The van der Waals surface area contributed by atoms with Crippen LogP contribution in [0.1, 0.15) is 119 Å². The fraction of sp³-hybridized carbons (Fsp3) is 0.250. The number of rotatable bonds is 1. The molecular formula is C64H68. The third-order valence-electron chi connectivity index (χ3n) is 14.2. The molecule has 7 aromatic rings. The first kappa shape index (κ1) is 45.8. The fourth-order valence-corrected chi connectivity index (χ4v) is 9.54. The lowest BCUT2D eigenvalue weighted by molar-refractivity contribution is 1.19. The molecule has 0 unspecified atom stereocenters. The zero-order valence-electron chi connectivity index (χ0n) is 40.7. The van der Waals surface area contributed by atoms with E-state index in [2.05, 4.69) is 229 Å². The number of hydrogen-bond donors (Lipinski definition) is 0. The minimum absolute atomic E-state index is 1.10. The van der Waals surface area contributed by atoms with Crippen molar-refractivity contribution in [1.82, 2.24) is 0 Å². The first-order valence-electron chi connectivity index (χ1n) is 23.3. The first-order valence-corrected chi connectivity index (χ1v) is 23.3. The van der Waals surface area contributed by atoms with E-state index < -0.39 is 0 Å². The molecular weight excluding hydrogens is 769 g/mol. The summed E-state index contributed by atoms with van der Waals surface area (Å²) in [7, 11) is 0. The van der Waals surface area contributed by atoms with Gasteiger partial charge in [0.05, 0.1) is 0 Å². The predicted octanol–water partition coefficient (Wildman–Crippen LogP) is 17.5. The molecule has 0 aliphatic heterocycles. The summed E-state index contributed by atoms with van der Waals surface area (Å²) in [5.41, 5.74) is 34.8. The van der Waals surface area contributed by atoms with Gasteiger partial charge >= 0.3 is 0 Å². The van der Waals surface area contributed by atoms with Crippen molar-refractivity contribution in [1.29, 1.82) is 0 Å². The summed E-state index contributed by atoms with van der Waals surface area (Å²) in [6, 6.07) is 52.4. The van der Waals surface area contributed by atoms with E-state index in [0.29, 0.717) is 0 Å². The molecule has 64 heavy (non-hydrogen) atoms. The smallest absolute Gasteiger partial charge is 0.00107 e. The number of aryl methyl sites for hydroxylation is 5. The standard InChI is InChI=1S/2C15H14.C15H18.C11H12.C8H10/c1-10-7-13-9-12-5-3-4-6-14(12)15(13)8-11(10)2;1-10-7-8-14-13-6-4-3-5-12(13)9-15(14)11(10)2;1-10(2)12(4)15-11(3)9-13-7-5-6-8-14(13)15;1-8-7-10-5-3-4-6-11(10)9(8)2;1-7-5-3-4-6-8(7)2/h2*3-8H,9H2,1-2H3;5-8H,9H2,1-4H3;3-6H,7H2,1-2H3;3-6H,1-2H3. The third-order valence-corrected chi connectivity index (χ3v) is 14.2. The largest absolute Gasteiger partial charge is 0.0729 e. The molecule has 0 aromatic heterocycles. The van der Waals surface area contributed by atoms with Gasteiger partial charge in [-0.05, 0) is 226 Å². The Bertz CT molecular complexity index is 2900. The molecule has 7 aromatic carbocycles. The molecule has 11 rings (SSSR count). The van der Waals surface area contributed by atoms with Gasteiger partial charge in [0.25, 0.3) is 0 Å². The van der Waals surface area contributed by atoms with Crippen molar-refractivity contribution in [2.24, 2.45) is 0 Å². The molecule has 0 heteroatoms. The van der Waals surface area contributed by atoms with Crippen molar-refractivity contribution in [2.75, 3.05) is 0 Å². The maximum Gasteiger partial charge on any atom is -0.00107 e. The van der Waals surface area contributed by atoms with Crippen LogP contribution in [0.15, 0.2) is 168 Å². The van der Waals surface area contributed by atoms with E-state index in [1.165, 1.54) is 134 Å². The van der Waals surface area contributed by atoms with E-state index in [1.807, 2.05) is 0 Å². The molecule has 0 fully saturated rings. The van der Waals surface area contributed by atoms with E-state index in [9.17, 15) is 0 Å². The molecule has 0 amide bonds. The van der Waals surface area contributed by atoms with E-state index >= 15 is 0 Å². The Hall–Kier alpha value is -6.24. The Kier molecular flexibility index (Phi) is 14.4. The van der Waals surface area contributed by atoms with Crippen molar-refractivity contribution in [3.63, 3.8) is 0 Å². The quantitative estimate of drug-likeness (QED) is 0.155. The zero-order chi connectivity index (χ0) is 45.7. The van der Waals surface area contributed by atoms with E-state index in [0.717, 1.165) is 25.7 Å². The maximum absolute atomic E-state index is 2.34. The van der Waals surface area contributed by atoms with Crippen LogP contribution in [0.3, 0.4) is 0 Å². The second-order valence-corrected chi connectivity index (χ2v) is 18.7. The Balaban J connectivity index is 0.000000122. The number of benzene rings is 7. The summed E-state index contributed by atoms with van der Waals surface area (Å²) in [5.74, 6) is 0. The molecule has 324 valence electrons. The van der Waals surface area contributed by atoms with Gasteiger partial charge in [-0.15, -0.1) is 0 Å². The van der Waals surface area contributed by atoms with Gasteiger partial charge in [-0.1, -0.05) is 162 Å². The molecule has 4 aliphatic carbocycles. The van der Waals surface area contributed by atoms with Gasteiger partial charge in [0.2, 0.25) is 0 Å². The van der Waals surface area contributed by atoms with Gasteiger partial charge in [-0.2, -0.15) is 0 Å². The van der Waals surface area contributed by atoms with E-state index in [4.69, 9.17) is 0 Å². The normalized spacial score (nSPS) is 12.9. The minimum Gasteiger partial charge on any atom is -0.0729 e. The second-order valence-electron chi connectivity index (χ2n) is 18.7. The van der Waals surface area contributed by atoms with Crippen LogP contribution in [0.25, 0.3) is 33.4 Å². The Morgan fingerprint density at radius 1 is 0.328 bits per heavy atom. The van der Waals surface area contributed by atoms with Crippen LogP contribution in [0, 0.1) is 41.5 Å². The monoisotopic (exact) mass is 837 g/mol. The summed E-state index contributed by atoms with van der Waals surface area (Å²) < 4.78 is 0. The summed E-state index contributed by atoms with van der Waals surface area (Å²) in [5, 5.41) is 0. The van der Waals surface area contributed by atoms with E-state index in [-0.39, 0.29) is 0 Å². The molecule has 0 saturated carbocycles. The van der Waals surface area contributed by atoms with Crippen LogP contribution < -0.4 is 0 Å². The topological polar surface area (TPSA) is 0 Å². The molecule has 0 spiro atoms. The van der Waals surface area contributed by atoms with Crippen molar-refractivity contribution in [3.05, 3.63) is 246 Å². The van der Waals surface area contributed by atoms with Crippen LogP contribution in [0.4, 0.5) is 0 Å². The van der Waals surface area contributed by atoms with Gasteiger partial charge in [0.15, 0.2) is 0 Å². The van der Waals surface area contributed by atoms with Crippen LogP contribution in [0.2, 0.25) is 0 Å². The highest BCUT2D eigenvalue weighted by Gasteiger charge is 2.21. The van der Waals surface area contributed by atoms with Crippen LogP contribution in [0.5, 0.6) is 0 Å². The van der Waals surface area contributed by atoms with E-state index in [1.54, 1.807) is 0 Å². The molecule has 4 aliphatic rings. The van der Waals surface area contributed by atoms with Gasteiger partial charge < -0.3 is 0 Å². The van der Waals surface area contributed by atoms with Gasteiger partial charge in [-0.3, -0.25) is 0 Å². The highest BCUT2D eigenvalue weighted by Crippen LogP contribution is 2.40. The SMILES string of the molecule is CC(C)=C(C)C1=C(C)Cc2ccccc21.CC1=C(C)c2ccccc2C1.Cc1cc2c(cc1C)-c1ccccc1C2.Cc1ccc2c(c1C)Cc1ccccc1-2.Cc1ccccc1C. The van der Waals surface area contributed by atoms with Crippen LogP contribution >= 0.6 is 0 Å². The van der Waals surface area contributed by atoms with Crippen molar-refractivity contribution >= 4 is 11.1 Å². The highest BCUT2D eigenvalue weighted by atomic mass is 14.3. The Labute approximate surface area is 386 Å². The average Bonchev–Trinajstić information content (AvgIpc) is 4.03. The third kappa shape index (κ3) is 9.93. The highest BCUT2D eigenvalue weighted by molar-refractivity contribution is 5.86. The van der Waals surface area contributed by atoms with Crippen LogP contribution in [-0.2, 0) is 25.7 Å². The fourth-order valence-electron chi connectivity index (χ4n) is 9.54. The molecule has 0 N–H and O–H groups in total. The maximum atomic E-state index is 2.34. The van der Waals surface area contributed by atoms with Crippen molar-refractivity contribution in [2.45, 2.75) is 109 Å². The lowest BCUT2D eigenvalue weighted by atomic mass is 9.96. The predicted molar refractivity (Wildman–Crippen MR) is 279 cm³/mol. The summed E-state index contributed by atoms with van der Waals surface area (Å²) in [6.07, 6.45) is 4.49. The summed E-state index contributed by atoms with van der Waals surface area (Å²) >= 11 is 0. The summed E-state index contributed by atoms with van der Waals surface area (Å²) in [4.78, 5) is 0. The van der Waals surface area contributed by atoms with Crippen molar-refractivity contribution in [3.8, 4) is 22.3 Å². The van der Waals surface area contributed by atoms with Gasteiger partial charge in [0, 0.05) is 0 Å². The molecule has 0 atom stereocenters. The Morgan fingerprint density at radius 2 is 0.781 bits per heavy atom. The molecule has 0 heterocycles. The zero-order valence-corrected chi connectivity index (χ0v) is 40.7. The van der Waals surface area contributed by atoms with Crippen molar-refractivity contribution < 1.29 is 0 Å². The molecule has 0 radical (unpaired) electrons. The average molecular weight is 837 g/mol. The molecule has 0 nitrogen and oxygen atoms in total. The summed E-state index contributed by atoms with van der Waals surface area (Å²) in [6.45, 7) is 26.3. The Morgan fingerprint density at radius 3 is 1.34 bits per heavy atom. The van der Waals surface area contributed by atoms with Gasteiger partial charge in [0.1, 0.15) is 0 Å². The lowest BCUT2D eigenvalue weighted by Gasteiger charge is -2.09. The number of hydrogen-bond acceptors (Lipinski definition) is 0.